The van der Waals surface area contributed by atoms with Crippen molar-refractivity contribution in [2.24, 2.45) is 0 Å². The van der Waals surface area contributed by atoms with Crippen LogP contribution in [0.25, 0.3) is 5.65 Å². The number of carbonyl (C=O) groups is 1. The van der Waals surface area contributed by atoms with Gasteiger partial charge >= 0.3 is 0 Å². The molecule has 2 aromatic rings. The van der Waals surface area contributed by atoms with Crippen molar-refractivity contribution in [3.8, 4) is 0 Å². The van der Waals surface area contributed by atoms with E-state index >= 15 is 0 Å². The molecule has 2 aromatic heterocycles. The highest BCUT2D eigenvalue weighted by molar-refractivity contribution is 6.74. The van der Waals surface area contributed by atoms with Crippen LogP contribution in [0, 0.1) is 0 Å². The SMILES string of the molecule is CC(=O)N(CCO[Si](C)(C)C(C)(C)C)c1ccc2nccn2c1. The fraction of sp³-hybridized carbons (Fsp3) is 0.529. The van der Waals surface area contributed by atoms with E-state index in [1.54, 1.807) is 18.0 Å². The Labute approximate surface area is 139 Å². The van der Waals surface area contributed by atoms with Crippen LogP contribution < -0.4 is 4.90 Å². The van der Waals surface area contributed by atoms with Crippen LogP contribution in [-0.2, 0) is 9.22 Å². The molecule has 5 nitrogen and oxygen atoms in total. The number of aromatic nitrogens is 2. The summed E-state index contributed by atoms with van der Waals surface area (Å²) >= 11 is 0. The fourth-order valence-corrected chi connectivity index (χ4v) is 3.18. The zero-order chi connectivity index (χ0) is 17.3. The molecule has 0 atom stereocenters. The van der Waals surface area contributed by atoms with Crippen molar-refractivity contribution >= 4 is 25.6 Å². The number of rotatable bonds is 5. The summed E-state index contributed by atoms with van der Waals surface area (Å²) in [5.74, 6) is 0.0169. The van der Waals surface area contributed by atoms with Gasteiger partial charge in [0, 0.05) is 32.1 Å². The molecule has 0 aromatic carbocycles. The topological polar surface area (TPSA) is 46.8 Å². The zero-order valence-electron chi connectivity index (χ0n) is 15.0. The predicted octanol–water partition coefficient (Wildman–Crippen LogP) is 3.71. The largest absolute Gasteiger partial charge is 0.415 e. The fourth-order valence-electron chi connectivity index (χ4n) is 2.14. The summed E-state index contributed by atoms with van der Waals surface area (Å²) < 4.78 is 8.11. The van der Waals surface area contributed by atoms with Gasteiger partial charge in [-0.1, -0.05) is 20.8 Å². The lowest BCUT2D eigenvalue weighted by Gasteiger charge is -2.36. The first-order valence-electron chi connectivity index (χ1n) is 7.96. The van der Waals surface area contributed by atoms with Crippen molar-refractivity contribution < 1.29 is 9.22 Å². The van der Waals surface area contributed by atoms with Gasteiger partial charge in [-0.15, -0.1) is 0 Å². The summed E-state index contributed by atoms with van der Waals surface area (Å²) in [7, 11) is -1.79. The van der Waals surface area contributed by atoms with E-state index in [4.69, 9.17) is 4.43 Å². The van der Waals surface area contributed by atoms with Crippen molar-refractivity contribution in [3.63, 3.8) is 0 Å². The summed E-state index contributed by atoms with van der Waals surface area (Å²) in [6.45, 7) is 13.8. The number of carbonyl (C=O) groups excluding carboxylic acids is 1. The quantitative estimate of drug-likeness (QED) is 0.784. The second-order valence-electron chi connectivity index (χ2n) is 7.36. The number of hydrogen-bond donors (Lipinski definition) is 0. The van der Waals surface area contributed by atoms with E-state index in [1.165, 1.54) is 0 Å². The van der Waals surface area contributed by atoms with E-state index in [-0.39, 0.29) is 10.9 Å². The van der Waals surface area contributed by atoms with Gasteiger partial charge in [0.15, 0.2) is 8.32 Å². The molecular weight excluding hydrogens is 306 g/mol. The third-order valence-electron chi connectivity index (χ3n) is 4.65. The summed E-state index contributed by atoms with van der Waals surface area (Å²) in [5.41, 5.74) is 1.73. The molecule has 0 N–H and O–H groups in total. The maximum Gasteiger partial charge on any atom is 0.223 e. The average Bonchev–Trinajstić information content (AvgIpc) is 2.89. The Kier molecular flexibility index (Phi) is 4.96. The molecule has 0 fully saturated rings. The maximum atomic E-state index is 12.0. The van der Waals surface area contributed by atoms with Crippen molar-refractivity contribution in [3.05, 3.63) is 30.7 Å². The van der Waals surface area contributed by atoms with Crippen LogP contribution >= 0.6 is 0 Å². The minimum absolute atomic E-state index is 0.0169. The van der Waals surface area contributed by atoms with Crippen molar-refractivity contribution in [1.29, 1.82) is 0 Å². The van der Waals surface area contributed by atoms with Gasteiger partial charge < -0.3 is 13.7 Å². The number of hydrogen-bond acceptors (Lipinski definition) is 3. The first-order valence-corrected chi connectivity index (χ1v) is 10.9. The molecule has 0 radical (unpaired) electrons. The second-order valence-corrected chi connectivity index (χ2v) is 12.2. The molecule has 0 spiro atoms. The van der Waals surface area contributed by atoms with Crippen molar-refractivity contribution in [2.45, 2.75) is 45.8 Å². The third kappa shape index (κ3) is 4.00. The number of pyridine rings is 1. The zero-order valence-corrected chi connectivity index (χ0v) is 16.0. The van der Waals surface area contributed by atoms with E-state index in [0.29, 0.717) is 13.2 Å². The average molecular weight is 334 g/mol. The van der Waals surface area contributed by atoms with E-state index in [1.807, 2.05) is 28.9 Å². The third-order valence-corrected chi connectivity index (χ3v) is 9.19. The number of imidazole rings is 1. The van der Waals surface area contributed by atoms with Gasteiger partial charge in [0.1, 0.15) is 5.65 Å². The highest BCUT2D eigenvalue weighted by atomic mass is 28.4. The van der Waals surface area contributed by atoms with Crippen LogP contribution in [0.4, 0.5) is 5.69 Å². The first kappa shape index (κ1) is 17.7. The number of anilines is 1. The molecule has 6 heteroatoms. The molecule has 0 bridgehead atoms. The minimum atomic E-state index is -1.79. The predicted molar refractivity (Wildman–Crippen MR) is 96.4 cm³/mol. The lowest BCUT2D eigenvalue weighted by atomic mass is 10.2. The molecule has 0 unspecified atom stereocenters. The van der Waals surface area contributed by atoms with Crippen LogP contribution in [0.2, 0.25) is 18.1 Å². The Morgan fingerprint density at radius 3 is 2.65 bits per heavy atom. The molecule has 1 amide bonds. The first-order chi connectivity index (χ1) is 10.6. The Morgan fingerprint density at radius 2 is 2.04 bits per heavy atom. The molecule has 2 rings (SSSR count). The van der Waals surface area contributed by atoms with Crippen LogP contribution in [0.3, 0.4) is 0 Å². The number of nitrogens with zero attached hydrogens (tertiary/aromatic N) is 3. The molecule has 0 aliphatic carbocycles. The second kappa shape index (κ2) is 6.45. The van der Waals surface area contributed by atoms with Gasteiger partial charge in [-0.05, 0) is 30.3 Å². The van der Waals surface area contributed by atoms with Crippen molar-refractivity contribution in [2.75, 3.05) is 18.1 Å². The van der Waals surface area contributed by atoms with Crippen molar-refractivity contribution in [1.82, 2.24) is 9.38 Å². The van der Waals surface area contributed by atoms with E-state index in [9.17, 15) is 4.79 Å². The molecule has 0 saturated carbocycles. The van der Waals surface area contributed by atoms with Crippen LogP contribution in [-0.4, -0.2) is 36.8 Å². The van der Waals surface area contributed by atoms with E-state index < -0.39 is 8.32 Å². The molecule has 126 valence electrons. The summed E-state index contributed by atoms with van der Waals surface area (Å²) in [6, 6.07) is 3.84. The van der Waals surface area contributed by atoms with Gasteiger partial charge in [0.05, 0.1) is 12.3 Å². The van der Waals surface area contributed by atoms with Gasteiger partial charge in [0.25, 0.3) is 0 Å². The maximum absolute atomic E-state index is 12.0. The minimum Gasteiger partial charge on any atom is -0.415 e. The monoisotopic (exact) mass is 333 g/mol. The standard InChI is InChI=1S/C17H27N3O2Si/c1-14(21)20(11-12-22-23(5,6)17(2,3)4)15-7-8-16-18-9-10-19(16)13-15/h7-10,13H,11-12H2,1-6H3. The Morgan fingerprint density at radius 1 is 1.35 bits per heavy atom. The van der Waals surface area contributed by atoms with Crippen LogP contribution in [0.5, 0.6) is 0 Å². The van der Waals surface area contributed by atoms with Gasteiger partial charge in [0.2, 0.25) is 5.91 Å². The lowest BCUT2D eigenvalue weighted by molar-refractivity contribution is -0.116. The Hall–Kier alpha value is -1.66. The summed E-state index contributed by atoms with van der Waals surface area (Å²) in [4.78, 5) is 18.0. The lowest BCUT2D eigenvalue weighted by Crippen LogP contribution is -2.43. The summed E-state index contributed by atoms with van der Waals surface area (Å²) in [6.07, 6.45) is 5.55. The number of amides is 1. The van der Waals surface area contributed by atoms with Gasteiger partial charge in [-0.2, -0.15) is 0 Å². The molecule has 2 heterocycles. The summed E-state index contributed by atoms with van der Waals surface area (Å²) in [5, 5.41) is 0.170. The Balaban J connectivity index is 2.09. The molecule has 0 aliphatic heterocycles. The molecule has 23 heavy (non-hydrogen) atoms. The molecular formula is C17H27N3O2Si. The smallest absolute Gasteiger partial charge is 0.223 e. The van der Waals surface area contributed by atoms with Crippen LogP contribution in [0.15, 0.2) is 30.7 Å². The highest BCUT2D eigenvalue weighted by Gasteiger charge is 2.37. The Bertz CT molecular complexity index is 688. The van der Waals surface area contributed by atoms with E-state index in [2.05, 4.69) is 38.8 Å². The molecule has 0 aliphatic rings. The van der Waals surface area contributed by atoms with E-state index in [0.717, 1.165) is 11.3 Å². The van der Waals surface area contributed by atoms with Gasteiger partial charge in [-0.3, -0.25) is 4.79 Å². The number of fused-ring (bicyclic) bond motifs is 1. The molecule has 0 saturated heterocycles. The highest BCUT2D eigenvalue weighted by Crippen LogP contribution is 2.36. The van der Waals surface area contributed by atoms with Crippen LogP contribution in [0.1, 0.15) is 27.7 Å². The normalized spacial score (nSPS) is 12.6. The van der Waals surface area contributed by atoms with Gasteiger partial charge in [-0.25, -0.2) is 4.98 Å².